The summed E-state index contributed by atoms with van der Waals surface area (Å²) < 4.78 is 4.88. The van der Waals surface area contributed by atoms with Crippen LogP contribution in [0.3, 0.4) is 0 Å². The lowest BCUT2D eigenvalue weighted by molar-refractivity contribution is -0.140. The Hall–Kier alpha value is -0.950. The Morgan fingerprint density at radius 3 is 2.00 bits per heavy atom. The van der Waals surface area contributed by atoms with E-state index in [4.69, 9.17) is 9.84 Å². The van der Waals surface area contributed by atoms with Gasteiger partial charge >= 0.3 is 5.97 Å². The minimum absolute atomic E-state index is 0.0382. The maximum atomic E-state index is 11.8. The molecule has 0 rings (SSSR count). The van der Waals surface area contributed by atoms with Gasteiger partial charge in [-0.05, 0) is 33.1 Å². The van der Waals surface area contributed by atoms with Crippen molar-refractivity contribution >= 4 is 5.97 Å². The molecule has 6 nitrogen and oxygen atoms in total. The second-order valence-corrected chi connectivity index (χ2v) is 5.17. The topological polar surface area (TPSA) is 107 Å². The summed E-state index contributed by atoms with van der Waals surface area (Å²) in [6.07, 6.45) is 1.38. The quantitative estimate of drug-likeness (QED) is 0.333. The zero-order valence-electron chi connectivity index (χ0n) is 12.3. The van der Waals surface area contributed by atoms with E-state index in [1.54, 1.807) is 13.8 Å². The first-order chi connectivity index (χ1) is 9.46. The summed E-state index contributed by atoms with van der Waals surface area (Å²) in [5.41, 5.74) is 0.443. The van der Waals surface area contributed by atoms with Gasteiger partial charge < -0.3 is 25.2 Å². The molecule has 0 aromatic carbocycles. The lowest BCUT2D eigenvalue weighted by Gasteiger charge is -2.27. The lowest BCUT2D eigenvalue weighted by Crippen LogP contribution is -2.33. The van der Waals surface area contributed by atoms with Gasteiger partial charge in [-0.1, -0.05) is 5.57 Å². The predicted molar refractivity (Wildman–Crippen MR) is 74.0 cm³/mol. The van der Waals surface area contributed by atoms with Crippen molar-refractivity contribution in [2.75, 3.05) is 33.0 Å². The van der Waals surface area contributed by atoms with E-state index < -0.39 is 11.4 Å². The Bertz CT molecular complexity index is 307. The average Bonchev–Trinajstić information content (AvgIpc) is 2.45. The van der Waals surface area contributed by atoms with Gasteiger partial charge in [0, 0.05) is 11.0 Å². The van der Waals surface area contributed by atoms with Gasteiger partial charge in [0.2, 0.25) is 0 Å². The van der Waals surface area contributed by atoms with Gasteiger partial charge in [0.15, 0.2) is 0 Å². The number of ether oxygens (including phenoxy) is 1. The van der Waals surface area contributed by atoms with Crippen molar-refractivity contribution in [3.63, 3.8) is 0 Å². The van der Waals surface area contributed by atoms with Crippen LogP contribution in [0.15, 0.2) is 11.1 Å². The zero-order chi connectivity index (χ0) is 15.6. The van der Waals surface area contributed by atoms with E-state index >= 15 is 0 Å². The van der Waals surface area contributed by atoms with Crippen molar-refractivity contribution in [2.45, 2.75) is 33.1 Å². The highest BCUT2D eigenvalue weighted by atomic mass is 16.5. The Labute approximate surface area is 119 Å². The Morgan fingerprint density at radius 1 is 1.05 bits per heavy atom. The third kappa shape index (κ3) is 6.00. The summed E-state index contributed by atoms with van der Waals surface area (Å²) in [5.74, 6) is -0.457. The van der Waals surface area contributed by atoms with Crippen molar-refractivity contribution in [3.05, 3.63) is 11.1 Å². The number of allylic oxidation sites excluding steroid dienone is 1. The van der Waals surface area contributed by atoms with Crippen molar-refractivity contribution < 1.29 is 30.0 Å². The molecule has 0 saturated carbocycles. The molecular weight excluding hydrogens is 264 g/mol. The van der Waals surface area contributed by atoms with Crippen LogP contribution in [0.5, 0.6) is 0 Å². The molecule has 0 unspecified atom stereocenters. The van der Waals surface area contributed by atoms with Crippen LogP contribution in [0.4, 0.5) is 0 Å². The predicted octanol–water partition coefficient (Wildman–Crippen LogP) is -0.00810. The van der Waals surface area contributed by atoms with Gasteiger partial charge in [0.05, 0.1) is 26.4 Å². The fourth-order valence-electron chi connectivity index (χ4n) is 1.81. The highest BCUT2D eigenvalue weighted by Crippen LogP contribution is 2.25. The van der Waals surface area contributed by atoms with E-state index in [1.807, 2.05) is 0 Å². The summed E-state index contributed by atoms with van der Waals surface area (Å²) in [6, 6.07) is 0. The molecule has 4 N–H and O–H groups in total. The minimum atomic E-state index is -0.915. The monoisotopic (exact) mass is 290 g/mol. The summed E-state index contributed by atoms with van der Waals surface area (Å²) in [5, 5.41) is 36.3. The second kappa shape index (κ2) is 9.88. The summed E-state index contributed by atoms with van der Waals surface area (Å²) >= 11 is 0. The molecule has 0 amide bonds. The Balaban J connectivity index is 4.51. The molecule has 0 saturated heterocycles. The molecule has 0 aliphatic carbocycles. The van der Waals surface area contributed by atoms with Gasteiger partial charge in [-0.15, -0.1) is 0 Å². The molecule has 20 heavy (non-hydrogen) atoms. The molecule has 0 aliphatic rings. The maximum Gasteiger partial charge on any atom is 0.334 e. The lowest BCUT2D eigenvalue weighted by atomic mass is 9.84. The van der Waals surface area contributed by atoms with Crippen LogP contribution in [0.1, 0.15) is 33.1 Å². The first-order valence-corrected chi connectivity index (χ1v) is 6.73. The van der Waals surface area contributed by atoms with Crippen molar-refractivity contribution in [3.8, 4) is 0 Å². The molecule has 0 spiro atoms. The highest BCUT2D eigenvalue weighted by molar-refractivity contribution is 5.89. The number of aliphatic hydroxyl groups is 4. The first-order valence-electron chi connectivity index (χ1n) is 6.73. The van der Waals surface area contributed by atoms with Crippen LogP contribution < -0.4 is 0 Å². The number of aliphatic hydroxyl groups excluding tert-OH is 4. The Morgan fingerprint density at radius 2 is 1.60 bits per heavy atom. The molecule has 0 aromatic rings. The fraction of sp³-hybridized carbons (Fsp3) is 0.786. The molecule has 6 heteroatoms. The highest BCUT2D eigenvalue weighted by Gasteiger charge is 2.27. The maximum absolute atomic E-state index is 11.8. The average molecular weight is 290 g/mol. The third-order valence-electron chi connectivity index (χ3n) is 3.31. The van der Waals surface area contributed by atoms with Crippen LogP contribution in [-0.4, -0.2) is 59.4 Å². The number of rotatable bonds is 10. The molecule has 0 bridgehead atoms. The molecule has 0 atom stereocenters. The van der Waals surface area contributed by atoms with Crippen LogP contribution >= 0.6 is 0 Å². The number of esters is 1. The number of hydrogen-bond acceptors (Lipinski definition) is 6. The molecule has 0 aliphatic heterocycles. The van der Waals surface area contributed by atoms with Crippen LogP contribution in [0.25, 0.3) is 0 Å². The van der Waals surface area contributed by atoms with Gasteiger partial charge in [-0.3, -0.25) is 0 Å². The molecule has 0 aromatic heterocycles. The van der Waals surface area contributed by atoms with Crippen molar-refractivity contribution in [2.24, 2.45) is 5.41 Å². The molecule has 0 heterocycles. The van der Waals surface area contributed by atoms with Crippen LogP contribution in [0.2, 0.25) is 0 Å². The van der Waals surface area contributed by atoms with Gasteiger partial charge in [0.1, 0.15) is 6.61 Å². The normalized spacial score (nSPS) is 11.3. The van der Waals surface area contributed by atoms with Crippen LogP contribution in [-0.2, 0) is 9.53 Å². The first kappa shape index (κ1) is 19.1. The largest absolute Gasteiger partial charge is 0.460 e. The third-order valence-corrected chi connectivity index (χ3v) is 3.31. The van der Waals surface area contributed by atoms with Crippen molar-refractivity contribution in [1.29, 1.82) is 0 Å². The molecular formula is C14H26O6. The van der Waals surface area contributed by atoms with E-state index in [9.17, 15) is 20.1 Å². The second-order valence-electron chi connectivity index (χ2n) is 5.17. The van der Waals surface area contributed by atoms with Crippen molar-refractivity contribution in [1.82, 2.24) is 0 Å². The zero-order valence-corrected chi connectivity index (χ0v) is 12.3. The van der Waals surface area contributed by atoms with Gasteiger partial charge in [-0.2, -0.15) is 0 Å². The van der Waals surface area contributed by atoms with E-state index in [0.717, 1.165) is 5.57 Å². The Kier molecular flexibility index (Phi) is 9.41. The minimum Gasteiger partial charge on any atom is -0.460 e. The molecule has 118 valence electrons. The van der Waals surface area contributed by atoms with Gasteiger partial charge in [-0.25, -0.2) is 4.79 Å². The standard InChI is InChI=1S/C14H26O6/c1-11(2)12(13(19)20-7-6-15)4-3-5-14(8-16,9-17)10-18/h15-18H,3-10H2,1-2H3. The van der Waals surface area contributed by atoms with E-state index in [0.29, 0.717) is 24.8 Å². The number of carbonyl (C=O) groups excluding carboxylic acids is 1. The summed E-state index contributed by atoms with van der Waals surface area (Å²) in [7, 11) is 0. The van der Waals surface area contributed by atoms with Gasteiger partial charge in [0.25, 0.3) is 0 Å². The van der Waals surface area contributed by atoms with Crippen LogP contribution in [0, 0.1) is 5.41 Å². The smallest absolute Gasteiger partial charge is 0.334 e. The fourth-order valence-corrected chi connectivity index (χ4v) is 1.81. The SMILES string of the molecule is CC(C)=C(CCCC(CO)(CO)CO)C(=O)OCCO. The summed E-state index contributed by atoms with van der Waals surface area (Å²) in [6.45, 7) is 2.42. The molecule has 0 radical (unpaired) electrons. The van der Waals surface area contributed by atoms with E-state index in [2.05, 4.69) is 0 Å². The summed E-state index contributed by atoms with van der Waals surface area (Å²) in [4.78, 5) is 11.8. The van der Waals surface area contributed by atoms with E-state index in [1.165, 1.54) is 0 Å². The number of hydrogen-bond donors (Lipinski definition) is 4. The molecule has 0 fully saturated rings. The van der Waals surface area contributed by atoms with E-state index in [-0.39, 0.29) is 33.0 Å². The number of carbonyl (C=O) groups is 1.